The van der Waals surface area contributed by atoms with Crippen molar-refractivity contribution in [3.05, 3.63) is 89.6 Å². The normalized spacial score (nSPS) is 10.4. The largest absolute Gasteiger partial charge is 0.340 e. The van der Waals surface area contributed by atoms with E-state index < -0.39 is 11.8 Å². The number of hydrogen-bond acceptors (Lipinski definition) is 6. The van der Waals surface area contributed by atoms with Crippen LogP contribution in [0.4, 0.5) is 43.7 Å². The van der Waals surface area contributed by atoms with Crippen molar-refractivity contribution in [2.24, 2.45) is 0 Å². The van der Waals surface area contributed by atoms with Crippen LogP contribution in [0.5, 0.6) is 0 Å². The summed E-state index contributed by atoms with van der Waals surface area (Å²) in [6.07, 6.45) is 1.69. The van der Waals surface area contributed by atoms with Crippen molar-refractivity contribution < 1.29 is 9.18 Å². The monoisotopic (exact) mass is 463 g/mol. The van der Waals surface area contributed by atoms with Gasteiger partial charge in [0.05, 0.1) is 5.02 Å². The fourth-order valence-corrected chi connectivity index (χ4v) is 3.10. The molecule has 166 valence electrons. The van der Waals surface area contributed by atoms with Crippen LogP contribution in [-0.2, 0) is 0 Å². The van der Waals surface area contributed by atoms with Gasteiger partial charge in [-0.15, -0.1) is 0 Å². The van der Waals surface area contributed by atoms with Gasteiger partial charge < -0.3 is 21.3 Å². The zero-order valence-electron chi connectivity index (χ0n) is 17.4. The lowest BCUT2D eigenvalue weighted by Crippen LogP contribution is -2.19. The molecule has 0 bridgehead atoms. The average molecular weight is 464 g/mol. The van der Waals surface area contributed by atoms with Gasteiger partial charge in [0.2, 0.25) is 0 Å². The van der Waals surface area contributed by atoms with Crippen LogP contribution in [0.2, 0.25) is 5.02 Å². The van der Waals surface area contributed by atoms with Crippen molar-refractivity contribution in [1.29, 1.82) is 0 Å². The van der Waals surface area contributed by atoms with E-state index in [1.54, 1.807) is 43.5 Å². The van der Waals surface area contributed by atoms with Gasteiger partial charge in [-0.25, -0.2) is 24.1 Å². The number of rotatable bonds is 6. The molecule has 4 aromatic rings. The highest BCUT2D eigenvalue weighted by Crippen LogP contribution is 2.22. The molecule has 2 aromatic carbocycles. The molecule has 4 rings (SSSR count). The second-order valence-corrected chi connectivity index (χ2v) is 7.34. The van der Waals surface area contributed by atoms with E-state index in [4.69, 9.17) is 11.6 Å². The standard InChI is InChI=1S/C23H19ClFN7O/c1-14-27-21(13-22(28-14)32-20-4-2-3-11-26-20)29-15-5-7-16(8-6-15)30-23(33)31-17-9-10-19(25)18(24)12-17/h2-13H,1H3,(H2,30,31,33)(H2,26,27,28,29,32). The molecule has 0 fully saturated rings. The van der Waals surface area contributed by atoms with E-state index in [0.717, 1.165) is 5.69 Å². The number of pyridine rings is 1. The van der Waals surface area contributed by atoms with Gasteiger partial charge in [0.15, 0.2) is 0 Å². The number of aryl methyl sites for hydroxylation is 1. The second-order valence-electron chi connectivity index (χ2n) is 6.94. The predicted molar refractivity (Wildman–Crippen MR) is 128 cm³/mol. The van der Waals surface area contributed by atoms with Crippen molar-refractivity contribution in [3.63, 3.8) is 0 Å². The number of nitrogens with zero attached hydrogens (tertiary/aromatic N) is 3. The number of amides is 2. The lowest BCUT2D eigenvalue weighted by Gasteiger charge is -2.11. The molecule has 0 atom stereocenters. The fourth-order valence-electron chi connectivity index (χ4n) is 2.92. The van der Waals surface area contributed by atoms with Crippen molar-refractivity contribution in [3.8, 4) is 0 Å². The first-order valence-electron chi connectivity index (χ1n) is 9.88. The molecule has 0 aliphatic heterocycles. The summed E-state index contributed by atoms with van der Waals surface area (Å²) in [6, 6.07) is 17.9. The maximum Gasteiger partial charge on any atom is 0.323 e. The Morgan fingerprint density at radius 3 is 2.18 bits per heavy atom. The van der Waals surface area contributed by atoms with Gasteiger partial charge in [-0.2, -0.15) is 0 Å². The number of carbonyl (C=O) groups is 1. The van der Waals surface area contributed by atoms with E-state index in [1.807, 2.05) is 18.2 Å². The Bertz CT molecular complexity index is 1270. The molecular formula is C23H19ClFN7O. The smallest absolute Gasteiger partial charge is 0.323 e. The molecule has 0 saturated carbocycles. The van der Waals surface area contributed by atoms with Gasteiger partial charge in [0.25, 0.3) is 0 Å². The number of aromatic nitrogens is 3. The molecule has 4 N–H and O–H groups in total. The van der Waals surface area contributed by atoms with Crippen molar-refractivity contribution in [2.45, 2.75) is 6.92 Å². The quantitative estimate of drug-likeness (QED) is 0.275. The van der Waals surface area contributed by atoms with Gasteiger partial charge in [-0.3, -0.25) is 0 Å². The van der Waals surface area contributed by atoms with E-state index in [0.29, 0.717) is 34.7 Å². The summed E-state index contributed by atoms with van der Waals surface area (Å²) >= 11 is 5.73. The van der Waals surface area contributed by atoms with E-state index in [-0.39, 0.29) is 5.02 Å². The number of hydrogen-bond donors (Lipinski definition) is 4. The molecule has 0 spiro atoms. The van der Waals surface area contributed by atoms with Gasteiger partial charge in [-0.05, 0) is 61.5 Å². The Morgan fingerprint density at radius 2 is 1.48 bits per heavy atom. The summed E-state index contributed by atoms with van der Waals surface area (Å²) in [6.45, 7) is 1.80. The second kappa shape index (κ2) is 9.92. The van der Waals surface area contributed by atoms with Crippen molar-refractivity contribution in [1.82, 2.24) is 15.0 Å². The van der Waals surface area contributed by atoms with Crippen LogP contribution in [0.15, 0.2) is 72.9 Å². The Labute approximate surface area is 194 Å². The summed E-state index contributed by atoms with van der Waals surface area (Å²) in [5.41, 5.74) is 1.72. The van der Waals surface area contributed by atoms with Gasteiger partial charge in [0, 0.05) is 29.3 Å². The summed E-state index contributed by atoms with van der Waals surface area (Å²) in [5, 5.41) is 11.6. The van der Waals surface area contributed by atoms with E-state index in [1.165, 1.54) is 18.2 Å². The van der Waals surface area contributed by atoms with E-state index in [2.05, 4.69) is 36.2 Å². The maximum atomic E-state index is 13.2. The summed E-state index contributed by atoms with van der Waals surface area (Å²) in [7, 11) is 0. The number of carbonyl (C=O) groups excluding carboxylic acids is 1. The Morgan fingerprint density at radius 1 is 0.818 bits per heavy atom. The Hall–Kier alpha value is -4.24. The maximum absolute atomic E-state index is 13.2. The molecule has 0 aliphatic rings. The van der Waals surface area contributed by atoms with Crippen LogP contribution in [0.25, 0.3) is 0 Å². The van der Waals surface area contributed by atoms with Crippen molar-refractivity contribution in [2.75, 3.05) is 21.3 Å². The first-order chi connectivity index (χ1) is 15.9. The zero-order valence-corrected chi connectivity index (χ0v) is 18.2. The van der Waals surface area contributed by atoms with Crippen LogP contribution in [0.1, 0.15) is 5.82 Å². The third kappa shape index (κ3) is 6.14. The number of halogens is 2. The highest BCUT2D eigenvalue weighted by molar-refractivity contribution is 6.31. The minimum Gasteiger partial charge on any atom is -0.340 e. The first-order valence-corrected chi connectivity index (χ1v) is 10.3. The molecule has 0 aliphatic carbocycles. The molecular weight excluding hydrogens is 445 g/mol. The van der Waals surface area contributed by atoms with Crippen molar-refractivity contribution >= 4 is 52.1 Å². The summed E-state index contributed by atoms with van der Waals surface area (Å²) < 4.78 is 13.2. The van der Waals surface area contributed by atoms with Crippen LogP contribution >= 0.6 is 11.6 Å². The Balaban J connectivity index is 1.38. The van der Waals surface area contributed by atoms with Gasteiger partial charge in [-0.1, -0.05) is 17.7 Å². The van der Waals surface area contributed by atoms with Crippen LogP contribution in [0.3, 0.4) is 0 Å². The third-order valence-electron chi connectivity index (χ3n) is 4.35. The minimum absolute atomic E-state index is 0.0680. The zero-order chi connectivity index (χ0) is 23.2. The average Bonchev–Trinajstić information content (AvgIpc) is 2.78. The van der Waals surface area contributed by atoms with E-state index in [9.17, 15) is 9.18 Å². The minimum atomic E-state index is -0.552. The number of benzene rings is 2. The summed E-state index contributed by atoms with van der Waals surface area (Å²) in [5.74, 6) is 1.93. The van der Waals surface area contributed by atoms with E-state index >= 15 is 0 Å². The molecule has 0 radical (unpaired) electrons. The van der Waals surface area contributed by atoms with Crippen LogP contribution < -0.4 is 21.3 Å². The number of urea groups is 1. The molecule has 10 heteroatoms. The highest BCUT2D eigenvalue weighted by atomic mass is 35.5. The molecule has 2 heterocycles. The predicted octanol–water partition coefficient (Wildman–Crippen LogP) is 6.10. The summed E-state index contributed by atoms with van der Waals surface area (Å²) in [4.78, 5) is 25.2. The molecule has 8 nitrogen and oxygen atoms in total. The molecule has 2 amide bonds. The molecule has 0 saturated heterocycles. The SMILES string of the molecule is Cc1nc(Nc2ccc(NC(=O)Nc3ccc(F)c(Cl)c3)cc2)cc(Nc2ccccn2)n1. The molecule has 33 heavy (non-hydrogen) atoms. The molecule has 0 unspecified atom stereocenters. The number of nitrogens with one attached hydrogen (secondary N) is 4. The van der Waals surface area contributed by atoms with Crippen LogP contribution in [0, 0.1) is 12.7 Å². The first kappa shape index (κ1) is 22.0. The number of anilines is 6. The lowest BCUT2D eigenvalue weighted by molar-refractivity contribution is 0.262. The lowest BCUT2D eigenvalue weighted by atomic mass is 10.2. The highest BCUT2D eigenvalue weighted by Gasteiger charge is 2.07. The third-order valence-corrected chi connectivity index (χ3v) is 4.64. The topological polar surface area (TPSA) is 104 Å². The van der Waals surface area contributed by atoms with Gasteiger partial charge >= 0.3 is 6.03 Å². The van der Waals surface area contributed by atoms with Gasteiger partial charge in [0.1, 0.15) is 29.1 Å². The fraction of sp³-hybridized carbons (Fsp3) is 0.0435. The van der Waals surface area contributed by atoms with Crippen LogP contribution in [-0.4, -0.2) is 21.0 Å². The Kier molecular flexibility index (Phi) is 6.61. The molecule has 2 aromatic heterocycles.